The van der Waals surface area contributed by atoms with E-state index in [4.69, 9.17) is 4.98 Å². The van der Waals surface area contributed by atoms with E-state index in [-0.39, 0.29) is 23.3 Å². The van der Waals surface area contributed by atoms with E-state index in [1.54, 1.807) is 22.4 Å². The lowest BCUT2D eigenvalue weighted by atomic mass is 9.93. The summed E-state index contributed by atoms with van der Waals surface area (Å²) in [6.45, 7) is 12.3. The van der Waals surface area contributed by atoms with Gasteiger partial charge in [-0.25, -0.2) is 9.97 Å². The van der Waals surface area contributed by atoms with E-state index >= 15 is 0 Å². The zero-order valence-electron chi connectivity index (χ0n) is 20.1. The zero-order chi connectivity index (χ0) is 24.2. The van der Waals surface area contributed by atoms with Crippen LogP contribution in [0, 0.1) is 11.8 Å². The van der Waals surface area contributed by atoms with E-state index in [1.807, 2.05) is 38.3 Å². The van der Waals surface area contributed by atoms with Crippen molar-refractivity contribution in [2.75, 3.05) is 25.0 Å². The third kappa shape index (κ3) is 6.51. The molecule has 0 bridgehead atoms. The van der Waals surface area contributed by atoms with Crippen molar-refractivity contribution in [3.63, 3.8) is 0 Å². The monoisotopic (exact) mass is 473 g/mol. The van der Waals surface area contributed by atoms with Crippen molar-refractivity contribution in [2.24, 2.45) is 11.8 Å². The SMILES string of the molecule is CC(C)CN(C(=O)c1cnc(C(C)(C)C)nc1NCc1cccs1)[C@H]1CNC[C@@H](C(=O)O)C1. The summed E-state index contributed by atoms with van der Waals surface area (Å²) in [6.07, 6.45) is 2.05. The van der Waals surface area contributed by atoms with Crippen LogP contribution < -0.4 is 10.6 Å². The molecular formula is C24H35N5O3S. The molecule has 180 valence electrons. The first-order chi connectivity index (χ1) is 15.6. The Balaban J connectivity index is 1.94. The molecule has 1 fully saturated rings. The van der Waals surface area contributed by atoms with Gasteiger partial charge in [0.1, 0.15) is 17.2 Å². The van der Waals surface area contributed by atoms with Gasteiger partial charge in [0, 0.05) is 42.2 Å². The van der Waals surface area contributed by atoms with Crippen LogP contribution in [0.5, 0.6) is 0 Å². The molecule has 1 aliphatic heterocycles. The molecule has 0 saturated carbocycles. The summed E-state index contributed by atoms with van der Waals surface area (Å²) in [5.41, 5.74) is 0.151. The Morgan fingerprint density at radius 3 is 2.70 bits per heavy atom. The minimum atomic E-state index is -0.833. The van der Waals surface area contributed by atoms with E-state index in [9.17, 15) is 14.7 Å². The van der Waals surface area contributed by atoms with Gasteiger partial charge in [0.25, 0.3) is 5.91 Å². The summed E-state index contributed by atoms with van der Waals surface area (Å²) in [5.74, 6) is -0.108. The second-order valence-electron chi connectivity index (χ2n) is 10.1. The number of aliphatic carboxylic acids is 1. The Morgan fingerprint density at radius 1 is 1.33 bits per heavy atom. The molecule has 9 heteroatoms. The average Bonchev–Trinajstić information content (AvgIpc) is 3.28. The highest BCUT2D eigenvalue weighted by Crippen LogP contribution is 2.26. The molecule has 0 spiro atoms. The van der Waals surface area contributed by atoms with Crippen molar-refractivity contribution < 1.29 is 14.7 Å². The summed E-state index contributed by atoms with van der Waals surface area (Å²) in [4.78, 5) is 37.6. The number of carbonyl (C=O) groups excluding carboxylic acids is 1. The molecule has 0 unspecified atom stereocenters. The van der Waals surface area contributed by atoms with Crippen molar-refractivity contribution in [3.8, 4) is 0 Å². The van der Waals surface area contributed by atoms with Gasteiger partial charge in [-0.3, -0.25) is 9.59 Å². The molecule has 33 heavy (non-hydrogen) atoms. The second kappa shape index (κ2) is 10.6. The van der Waals surface area contributed by atoms with Crippen molar-refractivity contribution in [1.29, 1.82) is 0 Å². The van der Waals surface area contributed by atoms with Gasteiger partial charge in [0.2, 0.25) is 0 Å². The molecule has 2 atom stereocenters. The van der Waals surface area contributed by atoms with Gasteiger partial charge in [0.05, 0.1) is 12.5 Å². The topological polar surface area (TPSA) is 107 Å². The van der Waals surface area contributed by atoms with Gasteiger partial charge in [0.15, 0.2) is 0 Å². The van der Waals surface area contributed by atoms with Crippen molar-refractivity contribution >= 4 is 29.0 Å². The highest BCUT2D eigenvalue weighted by Gasteiger charge is 2.34. The largest absolute Gasteiger partial charge is 0.481 e. The number of piperidine rings is 1. The van der Waals surface area contributed by atoms with Crippen LogP contribution in [0.3, 0.4) is 0 Å². The number of nitrogens with one attached hydrogen (secondary N) is 2. The molecule has 0 aromatic carbocycles. The third-order valence-corrected chi connectivity index (χ3v) is 6.52. The van der Waals surface area contributed by atoms with Crippen LogP contribution in [-0.4, -0.2) is 57.5 Å². The normalized spacial score (nSPS) is 18.8. The van der Waals surface area contributed by atoms with Crippen LogP contribution in [0.25, 0.3) is 0 Å². The van der Waals surface area contributed by atoms with Gasteiger partial charge in [-0.2, -0.15) is 0 Å². The fourth-order valence-corrected chi connectivity index (χ4v) is 4.55. The number of hydrogen-bond donors (Lipinski definition) is 3. The first kappa shape index (κ1) is 25.1. The first-order valence-corrected chi connectivity index (χ1v) is 12.3. The van der Waals surface area contributed by atoms with Crippen LogP contribution in [-0.2, 0) is 16.8 Å². The average molecular weight is 474 g/mol. The minimum Gasteiger partial charge on any atom is -0.481 e. The number of anilines is 1. The summed E-state index contributed by atoms with van der Waals surface area (Å²) in [5, 5.41) is 18.1. The van der Waals surface area contributed by atoms with E-state index in [1.165, 1.54) is 0 Å². The minimum absolute atomic E-state index is 0.171. The number of carboxylic acid groups (broad SMARTS) is 1. The van der Waals surface area contributed by atoms with Gasteiger partial charge < -0.3 is 20.6 Å². The lowest BCUT2D eigenvalue weighted by Gasteiger charge is -2.38. The van der Waals surface area contributed by atoms with Crippen LogP contribution >= 0.6 is 11.3 Å². The smallest absolute Gasteiger partial charge is 0.307 e. The number of rotatable bonds is 8. The molecular weight excluding hydrogens is 438 g/mol. The Morgan fingerprint density at radius 2 is 2.09 bits per heavy atom. The quantitative estimate of drug-likeness (QED) is 0.538. The number of carboxylic acids is 1. The van der Waals surface area contributed by atoms with Gasteiger partial charge in [-0.05, 0) is 23.8 Å². The highest BCUT2D eigenvalue weighted by atomic mass is 32.1. The molecule has 1 aliphatic rings. The molecule has 1 saturated heterocycles. The van der Waals surface area contributed by atoms with Crippen molar-refractivity contribution in [2.45, 2.75) is 59.0 Å². The van der Waals surface area contributed by atoms with Gasteiger partial charge >= 0.3 is 5.97 Å². The molecule has 2 aromatic rings. The number of aromatic nitrogens is 2. The Kier molecular flexibility index (Phi) is 8.07. The molecule has 3 N–H and O–H groups in total. The fraction of sp³-hybridized carbons (Fsp3) is 0.583. The third-order valence-electron chi connectivity index (χ3n) is 5.64. The molecule has 2 aromatic heterocycles. The number of nitrogens with zero attached hydrogens (tertiary/aromatic N) is 3. The molecule has 3 rings (SSSR count). The lowest BCUT2D eigenvalue weighted by molar-refractivity contribution is -0.142. The summed E-state index contributed by atoms with van der Waals surface area (Å²) in [7, 11) is 0. The number of hydrogen-bond acceptors (Lipinski definition) is 7. The molecule has 8 nitrogen and oxygen atoms in total. The molecule has 0 radical (unpaired) electrons. The van der Waals surface area contributed by atoms with E-state index < -0.39 is 11.9 Å². The lowest BCUT2D eigenvalue weighted by Crippen LogP contribution is -2.53. The van der Waals surface area contributed by atoms with Crippen LogP contribution in [0.4, 0.5) is 5.82 Å². The Bertz CT molecular complexity index is 956. The summed E-state index contributed by atoms with van der Waals surface area (Å²) in [6, 6.07) is 3.82. The Hall–Kier alpha value is -2.52. The highest BCUT2D eigenvalue weighted by molar-refractivity contribution is 7.09. The molecule has 0 aliphatic carbocycles. The number of carbonyl (C=O) groups is 2. The van der Waals surface area contributed by atoms with E-state index in [0.29, 0.717) is 49.8 Å². The van der Waals surface area contributed by atoms with Crippen molar-refractivity contribution in [1.82, 2.24) is 20.2 Å². The van der Waals surface area contributed by atoms with Crippen LogP contribution in [0.1, 0.15) is 62.1 Å². The Labute approximate surface area is 199 Å². The maximum Gasteiger partial charge on any atom is 0.307 e. The number of amides is 1. The molecule has 1 amide bonds. The zero-order valence-corrected chi connectivity index (χ0v) is 20.9. The summed E-state index contributed by atoms with van der Waals surface area (Å²) >= 11 is 1.64. The van der Waals surface area contributed by atoms with Gasteiger partial charge in [-0.15, -0.1) is 11.3 Å². The van der Waals surface area contributed by atoms with Crippen molar-refractivity contribution in [3.05, 3.63) is 40.0 Å². The number of thiophene rings is 1. The van der Waals surface area contributed by atoms with Crippen LogP contribution in [0.15, 0.2) is 23.7 Å². The predicted molar refractivity (Wildman–Crippen MR) is 131 cm³/mol. The van der Waals surface area contributed by atoms with E-state index in [0.717, 1.165) is 4.88 Å². The maximum absolute atomic E-state index is 13.8. The van der Waals surface area contributed by atoms with Crippen LogP contribution in [0.2, 0.25) is 0 Å². The first-order valence-electron chi connectivity index (χ1n) is 11.4. The van der Waals surface area contributed by atoms with E-state index in [2.05, 4.69) is 29.5 Å². The second-order valence-corrected chi connectivity index (χ2v) is 11.1. The molecule has 3 heterocycles. The standard InChI is InChI=1S/C24H35N5O3S/c1-15(2)14-29(17-9-16(22(31)32)10-25-11-17)21(30)19-13-27-23(24(3,4)5)28-20(19)26-12-18-7-6-8-33-18/h6-8,13,15-17,25H,9-12,14H2,1-5H3,(H,31,32)(H,26,27,28)/t16-,17+/m0/s1. The maximum atomic E-state index is 13.8. The van der Waals surface area contributed by atoms with Gasteiger partial charge in [-0.1, -0.05) is 40.7 Å². The fourth-order valence-electron chi connectivity index (χ4n) is 3.91. The predicted octanol–water partition coefficient (Wildman–Crippen LogP) is 3.61. The summed E-state index contributed by atoms with van der Waals surface area (Å²) < 4.78 is 0.